The molecule has 1 heterocycles. The van der Waals surface area contributed by atoms with Crippen LogP contribution < -0.4 is 5.73 Å². The largest absolute Gasteiger partial charge is 0.381 e. The number of hydrogen-bond acceptors (Lipinski definition) is 2. The highest BCUT2D eigenvalue weighted by Crippen LogP contribution is 2.33. The number of benzene rings is 1. The zero-order valence-corrected chi connectivity index (χ0v) is 11.2. The predicted molar refractivity (Wildman–Crippen MR) is 71.6 cm³/mol. The zero-order valence-electron chi connectivity index (χ0n) is 9.66. The van der Waals surface area contributed by atoms with Gasteiger partial charge in [0, 0.05) is 19.3 Å². The van der Waals surface area contributed by atoms with Crippen LogP contribution in [0.3, 0.4) is 0 Å². The topological polar surface area (TPSA) is 35.2 Å². The van der Waals surface area contributed by atoms with E-state index < -0.39 is 0 Å². The molecule has 1 saturated heterocycles. The van der Waals surface area contributed by atoms with E-state index in [0.717, 1.165) is 38.0 Å². The van der Waals surface area contributed by atoms with Crippen LogP contribution in [0.25, 0.3) is 0 Å². The Bertz CT molecular complexity index is 378. The molecule has 0 aromatic heterocycles. The summed E-state index contributed by atoms with van der Waals surface area (Å²) in [5.74, 6) is 0.633. The Balaban J connectivity index is 2.03. The SMILES string of the molecule is NC(CC1CCOCC1)c1cccc(Cl)c1Cl. The first-order chi connectivity index (χ1) is 8.18. The maximum Gasteiger partial charge on any atom is 0.0640 e. The van der Waals surface area contributed by atoms with Crippen molar-refractivity contribution in [3.63, 3.8) is 0 Å². The van der Waals surface area contributed by atoms with Crippen LogP contribution in [0.1, 0.15) is 30.9 Å². The Labute approximate surface area is 112 Å². The summed E-state index contributed by atoms with van der Waals surface area (Å²) in [6.45, 7) is 1.70. The second-order valence-corrected chi connectivity index (χ2v) is 5.33. The molecule has 0 spiro atoms. The fourth-order valence-electron chi connectivity index (χ4n) is 2.28. The summed E-state index contributed by atoms with van der Waals surface area (Å²) in [7, 11) is 0. The van der Waals surface area contributed by atoms with Crippen molar-refractivity contribution in [3.8, 4) is 0 Å². The predicted octanol–water partition coefficient (Wildman–Crippen LogP) is 3.81. The summed E-state index contributed by atoms with van der Waals surface area (Å²) >= 11 is 12.2. The summed E-state index contributed by atoms with van der Waals surface area (Å²) in [4.78, 5) is 0. The molecule has 2 N–H and O–H groups in total. The van der Waals surface area contributed by atoms with E-state index in [1.54, 1.807) is 6.07 Å². The average Bonchev–Trinajstić information content (AvgIpc) is 2.34. The van der Waals surface area contributed by atoms with E-state index in [0.29, 0.717) is 16.0 Å². The van der Waals surface area contributed by atoms with Crippen molar-refractivity contribution >= 4 is 23.2 Å². The molecule has 1 aromatic rings. The van der Waals surface area contributed by atoms with Crippen LogP contribution in [0.4, 0.5) is 0 Å². The standard InChI is InChI=1S/C13H17Cl2NO/c14-11-3-1-2-10(13(11)15)12(16)8-9-4-6-17-7-5-9/h1-3,9,12H,4-8,16H2. The van der Waals surface area contributed by atoms with Gasteiger partial charge in [-0.2, -0.15) is 0 Å². The molecule has 1 aliphatic rings. The van der Waals surface area contributed by atoms with Crippen LogP contribution in [0, 0.1) is 5.92 Å². The molecule has 0 aliphatic carbocycles. The van der Waals surface area contributed by atoms with Gasteiger partial charge in [0.05, 0.1) is 10.0 Å². The van der Waals surface area contributed by atoms with Crippen molar-refractivity contribution in [1.82, 2.24) is 0 Å². The highest BCUT2D eigenvalue weighted by molar-refractivity contribution is 6.42. The second kappa shape index (κ2) is 6.05. The third-order valence-electron chi connectivity index (χ3n) is 3.31. The monoisotopic (exact) mass is 273 g/mol. The molecule has 1 aromatic carbocycles. The molecule has 0 radical (unpaired) electrons. The fourth-order valence-corrected chi connectivity index (χ4v) is 2.72. The summed E-state index contributed by atoms with van der Waals surface area (Å²) in [6, 6.07) is 5.60. The molecule has 0 bridgehead atoms. The van der Waals surface area contributed by atoms with E-state index in [9.17, 15) is 0 Å². The lowest BCUT2D eigenvalue weighted by molar-refractivity contribution is 0.0618. The van der Waals surface area contributed by atoms with Gasteiger partial charge in [0.1, 0.15) is 0 Å². The minimum atomic E-state index is -0.0377. The van der Waals surface area contributed by atoms with E-state index in [1.807, 2.05) is 12.1 Å². The zero-order chi connectivity index (χ0) is 12.3. The maximum absolute atomic E-state index is 6.21. The fraction of sp³-hybridized carbons (Fsp3) is 0.538. The Morgan fingerprint density at radius 1 is 1.29 bits per heavy atom. The van der Waals surface area contributed by atoms with Crippen molar-refractivity contribution in [3.05, 3.63) is 33.8 Å². The van der Waals surface area contributed by atoms with Crippen LogP contribution in [0.15, 0.2) is 18.2 Å². The summed E-state index contributed by atoms with van der Waals surface area (Å²) in [6.07, 6.45) is 3.13. The van der Waals surface area contributed by atoms with Gasteiger partial charge in [-0.1, -0.05) is 35.3 Å². The lowest BCUT2D eigenvalue weighted by atomic mass is 9.90. The van der Waals surface area contributed by atoms with Gasteiger partial charge < -0.3 is 10.5 Å². The van der Waals surface area contributed by atoms with Gasteiger partial charge in [-0.3, -0.25) is 0 Å². The van der Waals surface area contributed by atoms with Crippen molar-refractivity contribution < 1.29 is 4.74 Å². The summed E-state index contributed by atoms with van der Waals surface area (Å²) in [5, 5.41) is 1.17. The van der Waals surface area contributed by atoms with Crippen LogP contribution in [0.2, 0.25) is 10.0 Å². The van der Waals surface area contributed by atoms with E-state index in [1.165, 1.54) is 0 Å². The van der Waals surface area contributed by atoms with Crippen LogP contribution in [0.5, 0.6) is 0 Å². The summed E-state index contributed by atoms with van der Waals surface area (Å²) < 4.78 is 5.34. The molecule has 4 heteroatoms. The molecule has 1 aliphatic heterocycles. The molecule has 1 fully saturated rings. The van der Waals surface area contributed by atoms with Gasteiger partial charge in [-0.15, -0.1) is 0 Å². The van der Waals surface area contributed by atoms with E-state index in [2.05, 4.69) is 0 Å². The number of halogens is 2. The van der Waals surface area contributed by atoms with Crippen molar-refractivity contribution in [1.29, 1.82) is 0 Å². The van der Waals surface area contributed by atoms with Gasteiger partial charge in [0.15, 0.2) is 0 Å². The summed E-state index contributed by atoms with van der Waals surface area (Å²) in [5.41, 5.74) is 7.16. The van der Waals surface area contributed by atoms with Crippen molar-refractivity contribution in [2.75, 3.05) is 13.2 Å². The highest BCUT2D eigenvalue weighted by atomic mass is 35.5. The Morgan fingerprint density at radius 3 is 2.71 bits per heavy atom. The van der Waals surface area contributed by atoms with Crippen molar-refractivity contribution in [2.45, 2.75) is 25.3 Å². The van der Waals surface area contributed by atoms with Gasteiger partial charge in [0.2, 0.25) is 0 Å². The first-order valence-corrected chi connectivity index (χ1v) is 6.71. The molecule has 2 rings (SSSR count). The molecule has 1 unspecified atom stereocenters. The molecular weight excluding hydrogens is 257 g/mol. The quantitative estimate of drug-likeness (QED) is 0.909. The van der Waals surface area contributed by atoms with Gasteiger partial charge >= 0.3 is 0 Å². The Kier molecular flexibility index (Phi) is 4.69. The smallest absolute Gasteiger partial charge is 0.0640 e. The first kappa shape index (κ1) is 13.2. The highest BCUT2D eigenvalue weighted by Gasteiger charge is 2.20. The molecule has 0 saturated carbocycles. The number of nitrogens with two attached hydrogens (primary N) is 1. The van der Waals surface area contributed by atoms with E-state index in [-0.39, 0.29) is 6.04 Å². The minimum absolute atomic E-state index is 0.0377. The molecule has 94 valence electrons. The number of hydrogen-bond donors (Lipinski definition) is 1. The van der Waals surface area contributed by atoms with Crippen LogP contribution in [-0.4, -0.2) is 13.2 Å². The van der Waals surface area contributed by atoms with Crippen molar-refractivity contribution in [2.24, 2.45) is 11.7 Å². The number of rotatable bonds is 3. The Hall–Kier alpha value is -0.280. The first-order valence-electron chi connectivity index (χ1n) is 5.95. The van der Waals surface area contributed by atoms with Gasteiger partial charge in [-0.25, -0.2) is 0 Å². The van der Waals surface area contributed by atoms with E-state index in [4.69, 9.17) is 33.7 Å². The molecule has 17 heavy (non-hydrogen) atoms. The normalized spacial score (nSPS) is 19.2. The average molecular weight is 274 g/mol. The second-order valence-electron chi connectivity index (χ2n) is 4.54. The Morgan fingerprint density at radius 2 is 2.00 bits per heavy atom. The van der Waals surface area contributed by atoms with Gasteiger partial charge in [0.25, 0.3) is 0 Å². The molecule has 0 amide bonds. The third kappa shape index (κ3) is 3.35. The lowest BCUT2D eigenvalue weighted by Crippen LogP contribution is -2.21. The van der Waals surface area contributed by atoms with Crippen LogP contribution >= 0.6 is 23.2 Å². The van der Waals surface area contributed by atoms with Gasteiger partial charge in [-0.05, 0) is 36.8 Å². The third-order valence-corrected chi connectivity index (χ3v) is 4.14. The minimum Gasteiger partial charge on any atom is -0.381 e. The molecule has 1 atom stereocenters. The van der Waals surface area contributed by atoms with E-state index >= 15 is 0 Å². The maximum atomic E-state index is 6.21. The molecule has 2 nitrogen and oxygen atoms in total. The lowest BCUT2D eigenvalue weighted by Gasteiger charge is -2.25. The number of ether oxygens (including phenoxy) is 1. The van der Waals surface area contributed by atoms with Crippen LogP contribution in [-0.2, 0) is 4.74 Å². The molecular formula is C13H17Cl2NO.